The third kappa shape index (κ3) is 3.60. The molecule has 1 aromatic carbocycles. The Bertz CT molecular complexity index is 564. The number of hydrogen-bond donors (Lipinski definition) is 1. The zero-order valence-electron chi connectivity index (χ0n) is 11.7. The first-order valence-corrected chi connectivity index (χ1v) is 6.62. The Morgan fingerprint density at radius 2 is 2.00 bits per heavy atom. The molecule has 2 aromatic rings. The second-order valence-electron chi connectivity index (χ2n) is 4.97. The molecule has 0 aliphatic heterocycles. The third-order valence-corrected chi connectivity index (χ3v) is 2.99. The number of hydrogen-bond acceptors (Lipinski definition) is 3. The molecule has 5 heteroatoms. The van der Waals surface area contributed by atoms with Crippen LogP contribution in [0.4, 0.5) is 5.69 Å². The van der Waals surface area contributed by atoms with Crippen molar-refractivity contribution in [1.29, 1.82) is 0 Å². The molecular formula is C15H19N3O2. The first-order valence-electron chi connectivity index (χ1n) is 6.62. The predicted octanol–water partition coefficient (Wildman–Crippen LogP) is 2.56. The zero-order valence-corrected chi connectivity index (χ0v) is 11.7. The number of aromatic nitrogens is 2. The monoisotopic (exact) mass is 273 g/mol. The van der Waals surface area contributed by atoms with E-state index in [0.717, 1.165) is 11.4 Å². The molecule has 1 N–H and O–H groups in total. The summed E-state index contributed by atoms with van der Waals surface area (Å²) in [6.07, 6.45) is 1.92. The van der Waals surface area contributed by atoms with Gasteiger partial charge >= 0.3 is 5.97 Å². The standard InChI is InChI=1S/C15H19N3O2/c1-12(2)18-9-8-13(16-18)10-17(11-15(19)20)14-6-4-3-5-7-14/h3-9,12H,10-11H2,1-2H3,(H,19,20). The summed E-state index contributed by atoms with van der Waals surface area (Å²) in [5.74, 6) is -0.850. The van der Waals surface area contributed by atoms with E-state index in [2.05, 4.69) is 18.9 Å². The first-order chi connectivity index (χ1) is 9.56. The SMILES string of the molecule is CC(C)n1ccc(CN(CC(=O)O)c2ccccc2)n1. The van der Waals surface area contributed by atoms with Crippen molar-refractivity contribution < 1.29 is 9.90 Å². The van der Waals surface area contributed by atoms with Crippen molar-refractivity contribution >= 4 is 11.7 Å². The highest BCUT2D eigenvalue weighted by Gasteiger charge is 2.13. The number of aliphatic carboxylic acids is 1. The van der Waals surface area contributed by atoms with Crippen LogP contribution in [-0.2, 0) is 11.3 Å². The lowest BCUT2D eigenvalue weighted by Crippen LogP contribution is -2.29. The Balaban J connectivity index is 2.17. The van der Waals surface area contributed by atoms with E-state index < -0.39 is 5.97 Å². The molecule has 0 aliphatic rings. The molecule has 0 atom stereocenters. The molecule has 0 aliphatic carbocycles. The van der Waals surface area contributed by atoms with Gasteiger partial charge in [0.1, 0.15) is 6.54 Å². The van der Waals surface area contributed by atoms with Crippen LogP contribution in [0.25, 0.3) is 0 Å². The molecule has 0 amide bonds. The Kier molecular flexibility index (Phi) is 4.40. The Hall–Kier alpha value is -2.30. The summed E-state index contributed by atoms with van der Waals surface area (Å²) in [6, 6.07) is 11.8. The van der Waals surface area contributed by atoms with Crippen LogP contribution in [0.1, 0.15) is 25.6 Å². The molecule has 0 spiro atoms. The molecule has 0 unspecified atom stereocenters. The molecule has 106 valence electrons. The van der Waals surface area contributed by atoms with E-state index in [-0.39, 0.29) is 6.54 Å². The molecule has 5 nitrogen and oxygen atoms in total. The molecule has 0 bridgehead atoms. The lowest BCUT2D eigenvalue weighted by molar-refractivity contribution is -0.135. The van der Waals surface area contributed by atoms with E-state index in [1.54, 1.807) is 4.90 Å². The number of carboxylic acids is 1. The quantitative estimate of drug-likeness (QED) is 0.878. The van der Waals surface area contributed by atoms with Crippen LogP contribution in [0.5, 0.6) is 0 Å². The van der Waals surface area contributed by atoms with Crippen LogP contribution in [0.3, 0.4) is 0 Å². The van der Waals surface area contributed by atoms with Gasteiger partial charge in [-0.1, -0.05) is 18.2 Å². The average Bonchev–Trinajstić information content (AvgIpc) is 2.87. The Morgan fingerprint density at radius 3 is 2.55 bits per heavy atom. The number of anilines is 1. The van der Waals surface area contributed by atoms with Crippen molar-refractivity contribution in [2.24, 2.45) is 0 Å². The largest absolute Gasteiger partial charge is 0.480 e. The molecule has 0 saturated heterocycles. The number of carboxylic acid groups (broad SMARTS) is 1. The van der Waals surface area contributed by atoms with Gasteiger partial charge in [-0.2, -0.15) is 5.10 Å². The molecule has 20 heavy (non-hydrogen) atoms. The molecule has 0 fully saturated rings. The van der Waals surface area contributed by atoms with Crippen LogP contribution in [0.2, 0.25) is 0 Å². The Labute approximate surface area is 118 Å². The lowest BCUT2D eigenvalue weighted by atomic mass is 10.2. The summed E-state index contributed by atoms with van der Waals surface area (Å²) in [5.41, 5.74) is 1.75. The number of benzene rings is 1. The molecular weight excluding hydrogens is 254 g/mol. The van der Waals surface area contributed by atoms with Crippen molar-refractivity contribution in [3.63, 3.8) is 0 Å². The lowest BCUT2D eigenvalue weighted by Gasteiger charge is -2.21. The molecule has 1 heterocycles. The van der Waals surface area contributed by atoms with Gasteiger partial charge in [0, 0.05) is 17.9 Å². The van der Waals surface area contributed by atoms with Gasteiger partial charge in [0.05, 0.1) is 12.2 Å². The number of carbonyl (C=O) groups is 1. The molecule has 1 aromatic heterocycles. The minimum atomic E-state index is -0.850. The van der Waals surface area contributed by atoms with E-state index in [0.29, 0.717) is 12.6 Å². The van der Waals surface area contributed by atoms with Gasteiger partial charge in [0.15, 0.2) is 0 Å². The minimum absolute atomic E-state index is 0.0431. The van der Waals surface area contributed by atoms with Crippen LogP contribution in [0.15, 0.2) is 42.6 Å². The smallest absolute Gasteiger partial charge is 0.323 e. The summed E-state index contributed by atoms with van der Waals surface area (Å²) in [7, 11) is 0. The summed E-state index contributed by atoms with van der Waals surface area (Å²) < 4.78 is 1.87. The van der Waals surface area contributed by atoms with Crippen molar-refractivity contribution in [2.75, 3.05) is 11.4 Å². The van der Waals surface area contributed by atoms with Gasteiger partial charge in [-0.15, -0.1) is 0 Å². The fourth-order valence-corrected chi connectivity index (χ4v) is 1.99. The number of nitrogens with zero attached hydrogens (tertiary/aromatic N) is 3. The normalized spacial score (nSPS) is 10.8. The van der Waals surface area contributed by atoms with Crippen molar-refractivity contribution in [1.82, 2.24) is 9.78 Å². The van der Waals surface area contributed by atoms with Gasteiger partial charge in [0.25, 0.3) is 0 Å². The van der Waals surface area contributed by atoms with Crippen LogP contribution in [0, 0.1) is 0 Å². The topological polar surface area (TPSA) is 58.4 Å². The first kappa shape index (κ1) is 14.1. The maximum Gasteiger partial charge on any atom is 0.323 e. The maximum absolute atomic E-state index is 11.0. The highest BCUT2D eigenvalue weighted by atomic mass is 16.4. The molecule has 2 rings (SSSR count). The van der Waals surface area contributed by atoms with Crippen LogP contribution >= 0.6 is 0 Å². The summed E-state index contributed by atoms with van der Waals surface area (Å²) in [6.45, 7) is 4.56. The van der Waals surface area contributed by atoms with E-state index in [1.807, 2.05) is 47.3 Å². The highest BCUT2D eigenvalue weighted by Crippen LogP contribution is 2.16. The van der Waals surface area contributed by atoms with E-state index in [4.69, 9.17) is 5.11 Å². The predicted molar refractivity (Wildman–Crippen MR) is 77.7 cm³/mol. The van der Waals surface area contributed by atoms with Gasteiger partial charge in [-0.05, 0) is 32.0 Å². The minimum Gasteiger partial charge on any atom is -0.480 e. The van der Waals surface area contributed by atoms with Crippen molar-refractivity contribution in [2.45, 2.75) is 26.4 Å². The summed E-state index contributed by atoms with van der Waals surface area (Å²) >= 11 is 0. The second kappa shape index (κ2) is 6.23. The van der Waals surface area contributed by atoms with Crippen molar-refractivity contribution in [3.8, 4) is 0 Å². The average molecular weight is 273 g/mol. The van der Waals surface area contributed by atoms with Gasteiger partial charge in [0.2, 0.25) is 0 Å². The number of para-hydroxylation sites is 1. The fourth-order valence-electron chi connectivity index (χ4n) is 1.99. The maximum atomic E-state index is 11.0. The highest BCUT2D eigenvalue weighted by molar-refractivity contribution is 5.73. The van der Waals surface area contributed by atoms with Crippen molar-refractivity contribution in [3.05, 3.63) is 48.3 Å². The number of rotatable bonds is 6. The van der Waals surface area contributed by atoms with E-state index in [1.165, 1.54) is 0 Å². The van der Waals surface area contributed by atoms with Crippen LogP contribution < -0.4 is 4.90 Å². The summed E-state index contributed by atoms with van der Waals surface area (Å²) in [5, 5.41) is 13.5. The molecule has 0 saturated carbocycles. The van der Waals surface area contributed by atoms with E-state index >= 15 is 0 Å². The Morgan fingerprint density at radius 1 is 1.30 bits per heavy atom. The fraction of sp³-hybridized carbons (Fsp3) is 0.333. The van der Waals surface area contributed by atoms with Gasteiger partial charge < -0.3 is 10.0 Å². The van der Waals surface area contributed by atoms with Crippen LogP contribution in [-0.4, -0.2) is 27.4 Å². The molecule has 0 radical (unpaired) electrons. The second-order valence-corrected chi connectivity index (χ2v) is 4.97. The van der Waals surface area contributed by atoms with E-state index in [9.17, 15) is 4.79 Å². The van der Waals surface area contributed by atoms with Gasteiger partial charge in [-0.25, -0.2) is 0 Å². The van der Waals surface area contributed by atoms with Gasteiger partial charge in [-0.3, -0.25) is 9.48 Å². The summed E-state index contributed by atoms with van der Waals surface area (Å²) in [4.78, 5) is 12.8. The zero-order chi connectivity index (χ0) is 14.5. The third-order valence-electron chi connectivity index (χ3n) is 2.99.